The zero-order valence-electron chi connectivity index (χ0n) is 10.5. The summed E-state index contributed by atoms with van der Waals surface area (Å²) in [5.41, 5.74) is 0.769. The van der Waals surface area contributed by atoms with E-state index in [4.69, 9.17) is 23.2 Å². The van der Waals surface area contributed by atoms with Crippen molar-refractivity contribution >= 4 is 23.2 Å². The minimum absolute atomic E-state index is 0.0449. The van der Waals surface area contributed by atoms with Crippen LogP contribution in [-0.2, 0) is 0 Å². The molecule has 1 saturated carbocycles. The summed E-state index contributed by atoms with van der Waals surface area (Å²) in [6.45, 7) is 2.93. The molecule has 1 nitrogen and oxygen atoms in total. The molecule has 1 aromatic carbocycles. The van der Waals surface area contributed by atoms with E-state index < -0.39 is 5.82 Å². The van der Waals surface area contributed by atoms with Crippen molar-refractivity contribution in [1.82, 2.24) is 5.32 Å². The normalized spacial score (nSPS) is 16.9. The summed E-state index contributed by atoms with van der Waals surface area (Å²) >= 11 is 11.8. The molecule has 0 aromatic heterocycles. The van der Waals surface area contributed by atoms with Gasteiger partial charge < -0.3 is 5.32 Å². The van der Waals surface area contributed by atoms with E-state index in [-0.39, 0.29) is 11.1 Å². The summed E-state index contributed by atoms with van der Waals surface area (Å²) in [5, 5.41) is 3.97. The monoisotopic (exact) mass is 289 g/mol. The smallest absolute Gasteiger partial charge is 0.142 e. The molecule has 1 fully saturated rings. The van der Waals surface area contributed by atoms with Crippen LogP contribution < -0.4 is 5.32 Å². The number of rotatable bonds is 6. The SMILES string of the molecule is CC(NCCCC1CC1)c1cc(F)c(Cl)cc1Cl. The lowest BCUT2D eigenvalue weighted by atomic mass is 10.1. The van der Waals surface area contributed by atoms with Crippen molar-refractivity contribution in [2.24, 2.45) is 5.92 Å². The van der Waals surface area contributed by atoms with Gasteiger partial charge in [-0.05, 0) is 49.9 Å². The average Bonchev–Trinajstić information content (AvgIpc) is 3.13. The van der Waals surface area contributed by atoms with Crippen molar-refractivity contribution in [1.29, 1.82) is 0 Å². The number of nitrogens with one attached hydrogen (secondary N) is 1. The molecule has 100 valence electrons. The third kappa shape index (κ3) is 3.84. The lowest BCUT2D eigenvalue weighted by Crippen LogP contribution is -2.20. The Morgan fingerprint density at radius 2 is 2.06 bits per heavy atom. The Balaban J connectivity index is 1.86. The highest BCUT2D eigenvalue weighted by Crippen LogP contribution is 2.33. The maximum absolute atomic E-state index is 13.4. The van der Waals surface area contributed by atoms with Crippen LogP contribution in [0.25, 0.3) is 0 Å². The second kappa shape index (κ2) is 6.23. The first kappa shape index (κ1) is 14.1. The molecule has 1 aromatic rings. The molecule has 1 unspecified atom stereocenters. The van der Waals surface area contributed by atoms with Crippen molar-refractivity contribution in [3.8, 4) is 0 Å². The fourth-order valence-electron chi connectivity index (χ4n) is 2.10. The quantitative estimate of drug-likeness (QED) is 0.576. The van der Waals surface area contributed by atoms with Gasteiger partial charge in [0.1, 0.15) is 5.82 Å². The summed E-state index contributed by atoms with van der Waals surface area (Å²) in [7, 11) is 0. The Morgan fingerprint density at radius 1 is 1.33 bits per heavy atom. The Kier molecular flexibility index (Phi) is 4.88. The molecule has 0 amide bonds. The van der Waals surface area contributed by atoms with Gasteiger partial charge in [-0.15, -0.1) is 0 Å². The number of hydrogen-bond acceptors (Lipinski definition) is 1. The second-order valence-electron chi connectivity index (χ2n) is 5.05. The van der Waals surface area contributed by atoms with Crippen LogP contribution in [0.3, 0.4) is 0 Å². The predicted octanol–water partition coefficient (Wildman–Crippen LogP) is 4.97. The van der Waals surface area contributed by atoms with Gasteiger partial charge in [-0.1, -0.05) is 36.0 Å². The lowest BCUT2D eigenvalue weighted by Gasteiger charge is -2.16. The average molecular weight is 290 g/mol. The van der Waals surface area contributed by atoms with E-state index in [1.165, 1.54) is 37.8 Å². The molecule has 0 bridgehead atoms. The van der Waals surface area contributed by atoms with Crippen molar-refractivity contribution in [3.63, 3.8) is 0 Å². The van der Waals surface area contributed by atoms with Gasteiger partial charge in [0.15, 0.2) is 0 Å². The maximum Gasteiger partial charge on any atom is 0.142 e. The topological polar surface area (TPSA) is 12.0 Å². The van der Waals surface area contributed by atoms with Crippen LogP contribution in [0.4, 0.5) is 4.39 Å². The Morgan fingerprint density at radius 3 is 2.72 bits per heavy atom. The van der Waals surface area contributed by atoms with Crippen LogP contribution >= 0.6 is 23.2 Å². The molecule has 18 heavy (non-hydrogen) atoms. The third-order valence-electron chi connectivity index (χ3n) is 3.44. The van der Waals surface area contributed by atoms with E-state index in [9.17, 15) is 4.39 Å². The van der Waals surface area contributed by atoms with E-state index in [1.807, 2.05) is 6.92 Å². The van der Waals surface area contributed by atoms with Crippen LogP contribution in [0, 0.1) is 11.7 Å². The molecule has 0 spiro atoms. The molecule has 0 saturated heterocycles. The van der Waals surface area contributed by atoms with Crippen molar-refractivity contribution in [3.05, 3.63) is 33.6 Å². The van der Waals surface area contributed by atoms with Crippen LogP contribution in [0.5, 0.6) is 0 Å². The molecular formula is C14H18Cl2FN. The minimum atomic E-state index is -0.414. The zero-order valence-corrected chi connectivity index (χ0v) is 12.0. The van der Waals surface area contributed by atoms with Crippen molar-refractivity contribution < 1.29 is 4.39 Å². The molecule has 1 N–H and O–H groups in total. The number of benzene rings is 1. The predicted molar refractivity (Wildman–Crippen MR) is 74.8 cm³/mol. The first-order valence-corrected chi connectivity index (χ1v) is 7.21. The van der Waals surface area contributed by atoms with Crippen LogP contribution in [-0.4, -0.2) is 6.54 Å². The largest absolute Gasteiger partial charge is 0.310 e. The molecular weight excluding hydrogens is 272 g/mol. The van der Waals surface area contributed by atoms with Gasteiger partial charge in [-0.2, -0.15) is 0 Å². The van der Waals surface area contributed by atoms with E-state index in [0.717, 1.165) is 18.0 Å². The molecule has 1 atom stereocenters. The van der Waals surface area contributed by atoms with Gasteiger partial charge >= 0.3 is 0 Å². The highest BCUT2D eigenvalue weighted by atomic mass is 35.5. The Labute approximate surface area is 118 Å². The summed E-state index contributed by atoms with van der Waals surface area (Å²) in [6.07, 6.45) is 5.25. The van der Waals surface area contributed by atoms with Crippen LogP contribution in [0.2, 0.25) is 10.0 Å². The van der Waals surface area contributed by atoms with Crippen LogP contribution in [0.1, 0.15) is 44.2 Å². The molecule has 1 aliphatic carbocycles. The zero-order chi connectivity index (χ0) is 13.1. The third-order valence-corrected chi connectivity index (χ3v) is 4.06. The molecule has 0 radical (unpaired) electrons. The highest BCUT2D eigenvalue weighted by molar-refractivity contribution is 6.35. The summed E-state index contributed by atoms with van der Waals surface area (Å²) in [5.74, 6) is 0.543. The van der Waals surface area contributed by atoms with Gasteiger partial charge in [0.25, 0.3) is 0 Å². The highest BCUT2D eigenvalue weighted by Gasteiger charge is 2.20. The summed E-state index contributed by atoms with van der Waals surface area (Å²) < 4.78 is 13.4. The molecule has 0 aliphatic heterocycles. The van der Waals surface area contributed by atoms with Gasteiger partial charge in [-0.25, -0.2) is 4.39 Å². The molecule has 4 heteroatoms. The van der Waals surface area contributed by atoms with Crippen molar-refractivity contribution in [2.75, 3.05) is 6.54 Å². The van der Waals surface area contributed by atoms with E-state index in [0.29, 0.717) is 5.02 Å². The first-order valence-electron chi connectivity index (χ1n) is 6.45. The van der Waals surface area contributed by atoms with Gasteiger partial charge in [0.05, 0.1) is 5.02 Å². The standard InChI is InChI=1S/C14H18Cl2FN/c1-9(18-6-2-3-10-4-5-10)11-7-14(17)13(16)8-12(11)15/h7-10,18H,2-6H2,1H3. The minimum Gasteiger partial charge on any atom is -0.310 e. The maximum atomic E-state index is 13.4. The van der Waals surface area contributed by atoms with Gasteiger partial charge in [0, 0.05) is 11.1 Å². The number of halogens is 3. The fourth-order valence-corrected chi connectivity index (χ4v) is 2.64. The first-order chi connectivity index (χ1) is 8.58. The Bertz CT molecular complexity index is 419. The van der Waals surface area contributed by atoms with Gasteiger partial charge in [-0.3, -0.25) is 0 Å². The Hall–Kier alpha value is -0.310. The van der Waals surface area contributed by atoms with Crippen LogP contribution in [0.15, 0.2) is 12.1 Å². The van der Waals surface area contributed by atoms with E-state index in [1.54, 1.807) is 0 Å². The summed E-state index contributed by atoms with van der Waals surface area (Å²) in [6, 6.07) is 2.93. The van der Waals surface area contributed by atoms with E-state index in [2.05, 4.69) is 5.32 Å². The summed E-state index contributed by atoms with van der Waals surface area (Å²) in [4.78, 5) is 0. The molecule has 2 rings (SSSR count). The fraction of sp³-hybridized carbons (Fsp3) is 0.571. The number of hydrogen-bond donors (Lipinski definition) is 1. The molecule has 1 aliphatic rings. The lowest BCUT2D eigenvalue weighted by molar-refractivity contribution is 0.529. The van der Waals surface area contributed by atoms with E-state index >= 15 is 0 Å². The van der Waals surface area contributed by atoms with Gasteiger partial charge in [0.2, 0.25) is 0 Å². The van der Waals surface area contributed by atoms with Crippen molar-refractivity contribution in [2.45, 2.75) is 38.6 Å². The second-order valence-corrected chi connectivity index (χ2v) is 5.86. The molecule has 0 heterocycles.